The molecule has 0 aromatic carbocycles. The Hall–Kier alpha value is 0.430. The van der Waals surface area contributed by atoms with Gasteiger partial charge in [0.2, 0.25) is 0 Å². The van der Waals surface area contributed by atoms with Crippen molar-refractivity contribution in [3.63, 3.8) is 0 Å². The van der Waals surface area contributed by atoms with E-state index in [2.05, 4.69) is 76.2 Å². The molecular formula is C31H55P. The second kappa shape index (κ2) is 7.47. The molecule has 16 atom stereocenters. The van der Waals surface area contributed by atoms with Crippen molar-refractivity contribution in [3.8, 4) is 0 Å². The molecule has 5 aliphatic rings. The Morgan fingerprint density at radius 2 is 1.50 bits per heavy atom. The molecule has 4 aliphatic carbocycles. The molecule has 0 aromatic rings. The summed E-state index contributed by atoms with van der Waals surface area (Å²) in [7, 11) is 1.24. The van der Waals surface area contributed by atoms with Gasteiger partial charge >= 0.3 is 0 Å². The van der Waals surface area contributed by atoms with E-state index in [-0.39, 0.29) is 0 Å². The van der Waals surface area contributed by atoms with Crippen molar-refractivity contribution < 1.29 is 0 Å². The molecule has 32 heavy (non-hydrogen) atoms. The van der Waals surface area contributed by atoms with Crippen LogP contribution in [0, 0.1) is 81.8 Å². The molecule has 16 unspecified atom stereocenters. The van der Waals surface area contributed by atoms with Gasteiger partial charge in [0.15, 0.2) is 0 Å². The first-order valence-corrected chi connectivity index (χ1v) is 15.8. The fraction of sp³-hybridized carbons (Fsp3) is 1.00. The van der Waals surface area contributed by atoms with Crippen molar-refractivity contribution in [2.24, 2.45) is 81.8 Å². The maximum Gasteiger partial charge on any atom is 0.00413 e. The molecule has 0 amide bonds. The summed E-state index contributed by atoms with van der Waals surface area (Å²) >= 11 is 0. The quantitative estimate of drug-likeness (QED) is 0.362. The van der Waals surface area contributed by atoms with Gasteiger partial charge in [-0.3, -0.25) is 0 Å². The van der Waals surface area contributed by atoms with Gasteiger partial charge in [0.1, 0.15) is 0 Å². The maximum atomic E-state index is 2.84. The molecular weight excluding hydrogens is 403 g/mol. The minimum absolute atomic E-state index is 0.540. The van der Waals surface area contributed by atoms with E-state index < -0.39 is 0 Å². The second-order valence-electron chi connectivity index (χ2n) is 14.7. The first kappa shape index (κ1) is 24.1. The highest BCUT2D eigenvalue weighted by atomic mass is 31.1. The van der Waals surface area contributed by atoms with Crippen LogP contribution in [-0.4, -0.2) is 10.8 Å². The summed E-state index contributed by atoms with van der Waals surface area (Å²) in [4.78, 5) is 0. The van der Waals surface area contributed by atoms with Crippen LogP contribution in [0.1, 0.15) is 102 Å². The molecule has 0 radical (unpaired) electrons. The minimum Gasteiger partial charge on any atom is -0.109 e. The number of hydrogen-bond donors (Lipinski definition) is 0. The van der Waals surface area contributed by atoms with Crippen LogP contribution in [0.25, 0.3) is 0 Å². The van der Waals surface area contributed by atoms with Crippen molar-refractivity contribution in [3.05, 3.63) is 0 Å². The smallest absolute Gasteiger partial charge is 0.00413 e. The van der Waals surface area contributed by atoms with E-state index in [9.17, 15) is 0 Å². The molecule has 184 valence electrons. The van der Waals surface area contributed by atoms with Gasteiger partial charge in [0.25, 0.3) is 0 Å². The first-order chi connectivity index (χ1) is 14.9. The summed E-state index contributed by atoms with van der Waals surface area (Å²) in [5.74, 6) is 11.1. The summed E-state index contributed by atoms with van der Waals surface area (Å²) in [6.45, 7) is 29.4. The van der Waals surface area contributed by atoms with Crippen LogP contribution in [-0.2, 0) is 0 Å². The zero-order valence-corrected chi connectivity index (χ0v) is 24.3. The molecule has 1 aliphatic heterocycles. The summed E-state index contributed by atoms with van der Waals surface area (Å²) in [6, 6.07) is 0. The van der Waals surface area contributed by atoms with Crippen molar-refractivity contribution in [1.29, 1.82) is 0 Å². The monoisotopic (exact) mass is 458 g/mol. The highest BCUT2D eigenvalue weighted by Crippen LogP contribution is 2.89. The predicted octanol–water partition coefficient (Wildman–Crippen LogP) is 8.99. The molecule has 0 aromatic heterocycles. The Morgan fingerprint density at radius 3 is 2.09 bits per heavy atom. The van der Waals surface area contributed by atoms with E-state index in [4.69, 9.17) is 0 Å². The zero-order chi connectivity index (χ0) is 23.5. The van der Waals surface area contributed by atoms with Crippen molar-refractivity contribution in [2.45, 2.75) is 113 Å². The van der Waals surface area contributed by atoms with Gasteiger partial charge in [-0.05, 0) is 100 Å². The summed E-state index contributed by atoms with van der Waals surface area (Å²) in [5, 5.41) is 0.658. The summed E-state index contributed by atoms with van der Waals surface area (Å²) in [6.07, 6.45) is 5.98. The van der Waals surface area contributed by atoms with Gasteiger partial charge < -0.3 is 0 Å². The van der Waals surface area contributed by atoms with Crippen molar-refractivity contribution in [2.75, 3.05) is 0 Å². The Bertz CT molecular complexity index is 743. The van der Waals surface area contributed by atoms with Gasteiger partial charge in [-0.1, -0.05) is 89.0 Å². The highest BCUT2D eigenvalue weighted by Gasteiger charge is 2.83. The van der Waals surface area contributed by atoms with E-state index in [1.54, 1.807) is 6.42 Å². The van der Waals surface area contributed by atoms with Crippen LogP contribution in [0.3, 0.4) is 0 Å². The van der Waals surface area contributed by atoms with Crippen LogP contribution in [0.5, 0.6) is 0 Å². The van der Waals surface area contributed by atoms with E-state index in [1.807, 2.05) is 0 Å². The predicted molar refractivity (Wildman–Crippen MR) is 142 cm³/mol. The molecule has 0 N–H and O–H groups in total. The molecule has 4 saturated carbocycles. The van der Waals surface area contributed by atoms with Gasteiger partial charge in [-0.25, -0.2) is 0 Å². The third-order valence-electron chi connectivity index (χ3n) is 14.4. The van der Waals surface area contributed by atoms with Crippen molar-refractivity contribution >= 4 is 8.58 Å². The van der Waals surface area contributed by atoms with Crippen LogP contribution >= 0.6 is 8.58 Å². The Kier molecular flexibility index (Phi) is 5.63. The SMILES string of the molecule is CCC1C(C)C(C(C)C)C(C)C2(C)C(C)C3CC4C(C)C(C)CCC4C(C)C3(C)C3PC132. The lowest BCUT2D eigenvalue weighted by Gasteiger charge is -2.70. The molecule has 5 fully saturated rings. The third-order valence-corrected chi connectivity index (χ3v) is 17.1. The Labute approximate surface area is 203 Å². The molecule has 1 saturated heterocycles. The van der Waals surface area contributed by atoms with Crippen LogP contribution in [0.15, 0.2) is 0 Å². The van der Waals surface area contributed by atoms with E-state index in [0.717, 1.165) is 76.7 Å². The number of rotatable bonds is 2. The Balaban J connectivity index is 1.62. The average Bonchev–Trinajstić information content (AvgIpc) is 3.48. The first-order valence-electron chi connectivity index (χ1n) is 14.7. The average molecular weight is 459 g/mol. The van der Waals surface area contributed by atoms with E-state index in [0.29, 0.717) is 16.0 Å². The van der Waals surface area contributed by atoms with Crippen molar-refractivity contribution in [1.82, 2.24) is 0 Å². The number of hydrogen-bond acceptors (Lipinski definition) is 0. The molecule has 1 spiro atoms. The third kappa shape index (κ3) is 2.56. The topological polar surface area (TPSA) is 0 Å². The largest absolute Gasteiger partial charge is 0.109 e. The van der Waals surface area contributed by atoms with Gasteiger partial charge in [0, 0.05) is 5.16 Å². The second-order valence-corrected chi connectivity index (χ2v) is 16.4. The van der Waals surface area contributed by atoms with Gasteiger partial charge in [-0.2, -0.15) is 0 Å². The highest BCUT2D eigenvalue weighted by molar-refractivity contribution is 7.50. The lowest BCUT2D eigenvalue weighted by atomic mass is 9.34. The zero-order valence-electron chi connectivity index (χ0n) is 23.3. The molecule has 0 nitrogen and oxygen atoms in total. The molecule has 0 bridgehead atoms. The van der Waals surface area contributed by atoms with Gasteiger partial charge in [-0.15, -0.1) is 8.58 Å². The lowest BCUT2D eigenvalue weighted by Crippen LogP contribution is -2.69. The molecule has 1 heterocycles. The normalized spacial score (nSPS) is 64.5. The van der Waals surface area contributed by atoms with Crippen LogP contribution in [0.4, 0.5) is 0 Å². The number of fused-ring (bicyclic) bond motifs is 3. The van der Waals surface area contributed by atoms with Crippen LogP contribution < -0.4 is 0 Å². The molecule has 5 rings (SSSR count). The Morgan fingerprint density at radius 1 is 0.844 bits per heavy atom. The standard InChI is InChI=1S/C31H55P/c1-12-25-19(6)27(16(2)3)22(9)30(11)21(8)26-15-24-18(5)17(4)13-14-23(24)20(7)29(26,10)28-31(25,30)32-28/h16-28,32H,12-15H2,1-11H3. The fourth-order valence-electron chi connectivity index (χ4n) is 12.4. The lowest BCUT2D eigenvalue weighted by molar-refractivity contribution is -0.193. The van der Waals surface area contributed by atoms with Gasteiger partial charge in [0.05, 0.1) is 0 Å². The minimum atomic E-state index is 0.540. The summed E-state index contributed by atoms with van der Waals surface area (Å²) in [5.41, 5.74) is 2.16. The molecule has 1 heteroatoms. The van der Waals surface area contributed by atoms with E-state index in [1.165, 1.54) is 27.8 Å². The maximum absolute atomic E-state index is 2.84. The van der Waals surface area contributed by atoms with Crippen LogP contribution in [0.2, 0.25) is 0 Å². The fourth-order valence-corrected chi connectivity index (χ4v) is 15.8. The summed E-state index contributed by atoms with van der Waals surface area (Å²) < 4.78 is 0. The van der Waals surface area contributed by atoms with E-state index >= 15 is 0 Å².